The van der Waals surface area contributed by atoms with Gasteiger partial charge >= 0.3 is 12.1 Å². The van der Waals surface area contributed by atoms with E-state index < -0.39 is 17.5 Å². The lowest BCUT2D eigenvalue weighted by Crippen LogP contribution is -2.48. The molecular weight excluding hydrogens is 262 g/mol. The maximum absolute atomic E-state index is 11.7. The molecule has 6 nitrogen and oxygen atoms in total. The van der Waals surface area contributed by atoms with Gasteiger partial charge in [0.1, 0.15) is 6.61 Å². The Bertz CT molecular complexity index is 372. The molecule has 0 aromatic rings. The zero-order valence-electron chi connectivity index (χ0n) is 11.5. The predicted octanol–water partition coefficient (Wildman–Crippen LogP) is 1.68. The summed E-state index contributed by atoms with van der Waals surface area (Å²) in [5.74, 6) is -0.888. The molecule has 0 bridgehead atoms. The molecule has 0 aromatic carbocycles. The summed E-state index contributed by atoms with van der Waals surface area (Å²) in [5.41, 5.74) is -0.932. The van der Waals surface area contributed by atoms with Gasteiger partial charge in [0, 0.05) is 13.1 Å². The van der Waals surface area contributed by atoms with Crippen molar-refractivity contribution in [2.45, 2.75) is 12.8 Å². The second-order valence-electron chi connectivity index (χ2n) is 4.74. The molecule has 6 heteroatoms. The Labute approximate surface area is 118 Å². The fourth-order valence-electron chi connectivity index (χ4n) is 2.10. The second-order valence-corrected chi connectivity index (χ2v) is 4.74. The molecule has 0 radical (unpaired) electrons. The van der Waals surface area contributed by atoms with E-state index in [2.05, 4.69) is 13.2 Å². The number of rotatable bonds is 7. The first-order valence-corrected chi connectivity index (χ1v) is 6.50. The van der Waals surface area contributed by atoms with Crippen molar-refractivity contribution >= 4 is 12.1 Å². The van der Waals surface area contributed by atoms with Crippen molar-refractivity contribution in [1.82, 2.24) is 4.90 Å². The minimum Gasteiger partial charge on any atom is -0.481 e. The Morgan fingerprint density at radius 1 is 1.20 bits per heavy atom. The zero-order chi connectivity index (χ0) is 15.0. The molecule has 0 aliphatic carbocycles. The molecule has 1 amide bonds. The molecule has 0 unspecified atom stereocenters. The third kappa shape index (κ3) is 4.09. The Morgan fingerprint density at radius 3 is 2.30 bits per heavy atom. The molecule has 1 N–H and O–H groups in total. The van der Waals surface area contributed by atoms with Crippen LogP contribution in [0.5, 0.6) is 0 Å². The van der Waals surface area contributed by atoms with Crippen molar-refractivity contribution in [1.29, 1.82) is 0 Å². The predicted molar refractivity (Wildman–Crippen MR) is 73.4 cm³/mol. The number of piperidine rings is 1. The lowest BCUT2D eigenvalue weighted by atomic mass is 9.79. The molecule has 20 heavy (non-hydrogen) atoms. The molecule has 1 heterocycles. The number of aliphatic carboxylic acids is 1. The van der Waals surface area contributed by atoms with E-state index in [-0.39, 0.29) is 13.2 Å². The van der Waals surface area contributed by atoms with Crippen LogP contribution in [-0.4, -0.2) is 55.0 Å². The fraction of sp³-hybridized carbons (Fsp3) is 0.571. The fourth-order valence-corrected chi connectivity index (χ4v) is 2.10. The quantitative estimate of drug-likeness (QED) is 0.568. The zero-order valence-corrected chi connectivity index (χ0v) is 11.5. The molecule has 112 valence electrons. The van der Waals surface area contributed by atoms with Crippen molar-refractivity contribution in [3.63, 3.8) is 0 Å². The van der Waals surface area contributed by atoms with E-state index in [1.54, 1.807) is 6.08 Å². The summed E-state index contributed by atoms with van der Waals surface area (Å²) in [5, 5.41) is 9.40. The summed E-state index contributed by atoms with van der Waals surface area (Å²) >= 11 is 0. The summed E-state index contributed by atoms with van der Waals surface area (Å²) in [6, 6.07) is 0. The van der Waals surface area contributed by atoms with Crippen molar-refractivity contribution in [3.8, 4) is 0 Å². The first-order chi connectivity index (χ1) is 9.55. The highest BCUT2D eigenvalue weighted by Gasteiger charge is 2.43. The van der Waals surface area contributed by atoms with Gasteiger partial charge in [-0.1, -0.05) is 18.7 Å². The van der Waals surface area contributed by atoms with E-state index in [1.807, 2.05) is 0 Å². The Balaban J connectivity index is 2.54. The van der Waals surface area contributed by atoms with Crippen LogP contribution in [0.15, 0.2) is 25.3 Å². The molecule has 1 fully saturated rings. The summed E-state index contributed by atoms with van der Waals surface area (Å²) in [6.45, 7) is 8.29. The van der Waals surface area contributed by atoms with Crippen LogP contribution in [0.4, 0.5) is 4.79 Å². The van der Waals surface area contributed by atoms with E-state index in [9.17, 15) is 14.7 Å². The average Bonchev–Trinajstić information content (AvgIpc) is 2.45. The highest BCUT2D eigenvalue weighted by molar-refractivity contribution is 5.76. The number of amides is 1. The van der Waals surface area contributed by atoms with Crippen molar-refractivity contribution < 1.29 is 24.2 Å². The van der Waals surface area contributed by atoms with Gasteiger partial charge < -0.3 is 19.5 Å². The largest absolute Gasteiger partial charge is 0.481 e. The minimum atomic E-state index is -0.932. The van der Waals surface area contributed by atoms with Crippen LogP contribution >= 0.6 is 0 Å². The van der Waals surface area contributed by atoms with Gasteiger partial charge in [0.05, 0.1) is 18.6 Å². The van der Waals surface area contributed by atoms with Gasteiger partial charge in [0.25, 0.3) is 0 Å². The molecule has 0 atom stereocenters. The van der Waals surface area contributed by atoms with Crippen LogP contribution in [0.2, 0.25) is 0 Å². The monoisotopic (exact) mass is 283 g/mol. The number of hydrogen-bond donors (Lipinski definition) is 1. The van der Waals surface area contributed by atoms with Crippen molar-refractivity contribution in [3.05, 3.63) is 25.3 Å². The van der Waals surface area contributed by atoms with Gasteiger partial charge in [-0.3, -0.25) is 4.79 Å². The maximum Gasteiger partial charge on any atom is 0.410 e. The van der Waals surface area contributed by atoms with E-state index in [1.165, 1.54) is 11.0 Å². The Hall–Kier alpha value is -1.82. The lowest BCUT2D eigenvalue weighted by Gasteiger charge is -2.37. The van der Waals surface area contributed by atoms with Gasteiger partial charge in [-0.05, 0) is 12.8 Å². The molecule has 0 aromatic heterocycles. The molecule has 0 saturated carbocycles. The van der Waals surface area contributed by atoms with Crippen LogP contribution in [0.1, 0.15) is 12.8 Å². The van der Waals surface area contributed by atoms with Crippen LogP contribution in [0, 0.1) is 5.41 Å². The van der Waals surface area contributed by atoms with Crippen LogP contribution in [0.3, 0.4) is 0 Å². The van der Waals surface area contributed by atoms with E-state index >= 15 is 0 Å². The third-order valence-corrected chi connectivity index (χ3v) is 3.37. The first-order valence-electron chi connectivity index (χ1n) is 6.50. The number of carbonyl (C=O) groups is 2. The molecule has 0 spiro atoms. The molecule has 1 saturated heterocycles. The number of likely N-dealkylation sites (tertiary alicyclic amines) is 1. The number of nitrogens with zero attached hydrogens (tertiary/aromatic N) is 1. The SMILES string of the molecule is C=CCOCC1(C(=O)O)CCN(C(=O)OCC=C)CC1. The minimum absolute atomic E-state index is 0.129. The smallest absolute Gasteiger partial charge is 0.410 e. The molecule has 1 rings (SSSR count). The summed E-state index contributed by atoms with van der Waals surface area (Å²) in [6.07, 6.45) is 3.34. The number of carboxylic acids is 1. The van der Waals surface area contributed by atoms with Crippen molar-refractivity contribution in [2.24, 2.45) is 5.41 Å². The molecule has 1 aliphatic rings. The molecular formula is C14H21NO5. The number of carbonyl (C=O) groups excluding carboxylic acids is 1. The van der Waals surface area contributed by atoms with Crippen molar-refractivity contribution in [2.75, 3.05) is 32.9 Å². The van der Waals surface area contributed by atoms with Gasteiger partial charge in [0.15, 0.2) is 0 Å². The summed E-state index contributed by atoms with van der Waals surface area (Å²) in [4.78, 5) is 24.6. The topological polar surface area (TPSA) is 76.1 Å². The highest BCUT2D eigenvalue weighted by Crippen LogP contribution is 2.32. The summed E-state index contributed by atoms with van der Waals surface area (Å²) < 4.78 is 10.2. The standard InChI is InChI=1S/C14H21NO5/c1-3-9-19-11-14(12(16)17)5-7-15(8-6-14)13(18)20-10-4-2/h3-4H,1-2,5-11H2,(H,16,17). The van der Waals surface area contributed by atoms with E-state index in [0.717, 1.165) is 0 Å². The Morgan fingerprint density at radius 2 is 1.80 bits per heavy atom. The van der Waals surface area contributed by atoms with Crippen LogP contribution < -0.4 is 0 Å². The highest BCUT2D eigenvalue weighted by atomic mass is 16.6. The lowest BCUT2D eigenvalue weighted by molar-refractivity contribution is -0.156. The van der Waals surface area contributed by atoms with Gasteiger partial charge in [-0.15, -0.1) is 6.58 Å². The normalized spacial score (nSPS) is 17.3. The Kier molecular flexibility index (Phi) is 6.24. The first kappa shape index (κ1) is 16.2. The maximum atomic E-state index is 11.7. The van der Waals surface area contributed by atoms with E-state index in [0.29, 0.717) is 32.5 Å². The summed E-state index contributed by atoms with van der Waals surface area (Å²) in [7, 11) is 0. The van der Waals surface area contributed by atoms with Crippen LogP contribution in [0.25, 0.3) is 0 Å². The number of ether oxygens (including phenoxy) is 2. The van der Waals surface area contributed by atoms with Crippen LogP contribution in [-0.2, 0) is 14.3 Å². The van der Waals surface area contributed by atoms with Gasteiger partial charge in [0.2, 0.25) is 0 Å². The molecule has 1 aliphatic heterocycles. The number of carboxylic acid groups (broad SMARTS) is 1. The third-order valence-electron chi connectivity index (χ3n) is 3.37. The van der Waals surface area contributed by atoms with E-state index in [4.69, 9.17) is 9.47 Å². The number of hydrogen-bond acceptors (Lipinski definition) is 4. The van der Waals surface area contributed by atoms with Gasteiger partial charge in [-0.2, -0.15) is 0 Å². The average molecular weight is 283 g/mol. The van der Waals surface area contributed by atoms with Gasteiger partial charge in [-0.25, -0.2) is 4.79 Å². The second kappa shape index (κ2) is 7.69.